The number of aryl methyl sites for hydroxylation is 1. The fraction of sp³-hybridized carbons (Fsp3) is 0.267. The van der Waals surface area contributed by atoms with Crippen molar-refractivity contribution in [2.24, 2.45) is 0 Å². The van der Waals surface area contributed by atoms with Crippen molar-refractivity contribution < 1.29 is 13.9 Å². The van der Waals surface area contributed by atoms with Crippen LogP contribution in [0, 0.1) is 12.7 Å². The van der Waals surface area contributed by atoms with E-state index in [1.807, 2.05) is 17.6 Å². The molecule has 0 aliphatic rings. The Labute approximate surface area is 111 Å². The summed E-state index contributed by atoms with van der Waals surface area (Å²) in [7, 11) is 0. The van der Waals surface area contributed by atoms with E-state index in [4.69, 9.17) is 4.74 Å². The number of aromatic nitrogens is 1. The molecule has 2 aromatic rings. The van der Waals surface area contributed by atoms with E-state index < -0.39 is 0 Å². The van der Waals surface area contributed by atoms with Gasteiger partial charge in [-0.15, -0.1) is 0 Å². The Bertz CT molecular complexity index is 572. The molecule has 3 nitrogen and oxygen atoms in total. The summed E-state index contributed by atoms with van der Waals surface area (Å²) >= 11 is 0. The first-order valence-corrected chi connectivity index (χ1v) is 6.19. The van der Waals surface area contributed by atoms with Crippen molar-refractivity contribution in [3.05, 3.63) is 59.2 Å². The Morgan fingerprint density at radius 2 is 1.89 bits per heavy atom. The second kappa shape index (κ2) is 5.69. The molecule has 1 aromatic carbocycles. The molecule has 0 spiro atoms. The molecule has 0 unspecified atom stereocenters. The number of hydrogen-bond acceptors (Lipinski definition) is 2. The van der Waals surface area contributed by atoms with Gasteiger partial charge >= 0.3 is 5.97 Å². The maximum Gasteiger partial charge on any atom is 0.354 e. The molecule has 0 bridgehead atoms. The standard InChI is InChI=1S/C15H16FNO2/c1-3-19-15(18)14-9-4-11(2)17(14)10-12-5-7-13(16)8-6-12/h4-9H,3,10H2,1-2H3. The number of esters is 1. The van der Waals surface area contributed by atoms with Crippen LogP contribution in [-0.4, -0.2) is 17.1 Å². The monoisotopic (exact) mass is 261 g/mol. The molecule has 0 amide bonds. The lowest BCUT2D eigenvalue weighted by Gasteiger charge is -2.11. The number of hydrogen-bond donors (Lipinski definition) is 0. The molecule has 0 saturated carbocycles. The molecule has 2 rings (SSSR count). The van der Waals surface area contributed by atoms with Gasteiger partial charge in [-0.2, -0.15) is 0 Å². The summed E-state index contributed by atoms with van der Waals surface area (Å²) in [5.41, 5.74) is 2.42. The summed E-state index contributed by atoms with van der Waals surface area (Å²) in [6, 6.07) is 9.87. The Kier molecular flexibility index (Phi) is 4.00. The molecule has 4 heteroatoms. The minimum Gasteiger partial charge on any atom is -0.461 e. The second-order valence-corrected chi connectivity index (χ2v) is 4.29. The minimum atomic E-state index is -0.335. The average Bonchev–Trinajstić information content (AvgIpc) is 2.74. The van der Waals surface area contributed by atoms with Crippen LogP contribution in [0.5, 0.6) is 0 Å². The van der Waals surface area contributed by atoms with Crippen molar-refractivity contribution in [1.82, 2.24) is 4.57 Å². The van der Waals surface area contributed by atoms with Crippen molar-refractivity contribution in [3.8, 4) is 0 Å². The molecule has 19 heavy (non-hydrogen) atoms. The highest BCUT2D eigenvalue weighted by Crippen LogP contribution is 2.14. The van der Waals surface area contributed by atoms with Crippen LogP contribution in [0.15, 0.2) is 36.4 Å². The van der Waals surface area contributed by atoms with Crippen molar-refractivity contribution in [3.63, 3.8) is 0 Å². The van der Waals surface area contributed by atoms with Crippen LogP contribution < -0.4 is 0 Å². The molecule has 0 fully saturated rings. The molecule has 0 saturated heterocycles. The summed E-state index contributed by atoms with van der Waals surface area (Å²) in [5, 5.41) is 0. The molecule has 0 aliphatic heterocycles. The minimum absolute atomic E-state index is 0.265. The third-order valence-electron chi connectivity index (χ3n) is 2.94. The number of nitrogens with zero attached hydrogens (tertiary/aromatic N) is 1. The van der Waals surface area contributed by atoms with E-state index in [9.17, 15) is 9.18 Å². The maximum atomic E-state index is 12.9. The number of ether oxygens (including phenoxy) is 1. The van der Waals surface area contributed by atoms with E-state index in [1.165, 1.54) is 12.1 Å². The Morgan fingerprint density at radius 3 is 2.53 bits per heavy atom. The maximum absolute atomic E-state index is 12.9. The smallest absolute Gasteiger partial charge is 0.354 e. The highest BCUT2D eigenvalue weighted by Gasteiger charge is 2.14. The number of rotatable bonds is 4. The predicted molar refractivity (Wildman–Crippen MR) is 70.6 cm³/mol. The van der Waals surface area contributed by atoms with E-state index in [0.717, 1.165) is 11.3 Å². The first-order valence-electron chi connectivity index (χ1n) is 6.19. The van der Waals surface area contributed by atoms with E-state index >= 15 is 0 Å². The number of halogens is 1. The van der Waals surface area contributed by atoms with E-state index in [2.05, 4.69) is 0 Å². The van der Waals surface area contributed by atoms with Crippen LogP contribution >= 0.6 is 0 Å². The van der Waals surface area contributed by atoms with Crippen molar-refractivity contribution in [1.29, 1.82) is 0 Å². The van der Waals surface area contributed by atoms with Gasteiger partial charge in [0.1, 0.15) is 11.5 Å². The number of carbonyl (C=O) groups excluding carboxylic acids is 1. The topological polar surface area (TPSA) is 31.2 Å². The fourth-order valence-corrected chi connectivity index (χ4v) is 1.94. The van der Waals surface area contributed by atoms with Crippen molar-refractivity contribution in [2.45, 2.75) is 20.4 Å². The van der Waals surface area contributed by atoms with Gasteiger partial charge in [0.05, 0.1) is 6.61 Å². The van der Waals surface area contributed by atoms with Crippen LogP contribution in [0.25, 0.3) is 0 Å². The summed E-state index contributed by atoms with van der Waals surface area (Å²) in [5.74, 6) is -0.601. The number of benzene rings is 1. The molecular formula is C15H16FNO2. The van der Waals surface area contributed by atoms with Crippen LogP contribution in [0.4, 0.5) is 4.39 Å². The fourth-order valence-electron chi connectivity index (χ4n) is 1.94. The average molecular weight is 261 g/mol. The largest absolute Gasteiger partial charge is 0.461 e. The van der Waals surface area contributed by atoms with Crippen LogP contribution in [0.3, 0.4) is 0 Å². The summed E-state index contributed by atoms with van der Waals surface area (Å²) < 4.78 is 19.8. The lowest BCUT2D eigenvalue weighted by Crippen LogP contribution is -2.13. The van der Waals surface area contributed by atoms with Crippen molar-refractivity contribution >= 4 is 5.97 Å². The number of carbonyl (C=O) groups is 1. The van der Waals surface area contributed by atoms with Crippen molar-refractivity contribution in [2.75, 3.05) is 6.61 Å². The predicted octanol–water partition coefficient (Wildman–Crippen LogP) is 3.16. The van der Waals surface area contributed by atoms with Gasteiger partial charge in [-0.3, -0.25) is 0 Å². The van der Waals surface area contributed by atoms with Gasteiger partial charge in [0.2, 0.25) is 0 Å². The van der Waals surface area contributed by atoms with E-state index in [-0.39, 0.29) is 11.8 Å². The molecule has 1 heterocycles. The van der Waals surface area contributed by atoms with Gasteiger partial charge in [-0.05, 0) is 43.7 Å². The molecule has 0 radical (unpaired) electrons. The first-order chi connectivity index (χ1) is 9.11. The SMILES string of the molecule is CCOC(=O)c1ccc(C)n1Cc1ccc(F)cc1. The van der Waals surface area contributed by atoms with Gasteiger partial charge < -0.3 is 9.30 Å². The molecule has 1 aromatic heterocycles. The lowest BCUT2D eigenvalue weighted by molar-refractivity contribution is 0.0514. The highest BCUT2D eigenvalue weighted by molar-refractivity contribution is 5.88. The summed E-state index contributed by atoms with van der Waals surface area (Å²) in [4.78, 5) is 11.8. The quantitative estimate of drug-likeness (QED) is 0.792. The third-order valence-corrected chi connectivity index (χ3v) is 2.94. The zero-order chi connectivity index (χ0) is 13.8. The first kappa shape index (κ1) is 13.3. The summed E-state index contributed by atoms with van der Waals surface area (Å²) in [6.45, 7) is 4.57. The third kappa shape index (κ3) is 3.02. The van der Waals surface area contributed by atoms with E-state index in [1.54, 1.807) is 25.1 Å². The Morgan fingerprint density at radius 1 is 1.21 bits per heavy atom. The van der Waals surface area contributed by atoms with Crippen LogP contribution in [0.2, 0.25) is 0 Å². The lowest BCUT2D eigenvalue weighted by atomic mass is 10.2. The molecule has 0 atom stereocenters. The zero-order valence-corrected chi connectivity index (χ0v) is 11.0. The molecule has 0 aliphatic carbocycles. The van der Waals surface area contributed by atoms with Gasteiger partial charge in [0, 0.05) is 12.2 Å². The van der Waals surface area contributed by atoms with E-state index in [0.29, 0.717) is 18.8 Å². The normalized spacial score (nSPS) is 10.5. The molecule has 100 valence electrons. The summed E-state index contributed by atoms with van der Waals surface area (Å²) in [6.07, 6.45) is 0. The molecule has 0 N–H and O–H groups in total. The Hall–Kier alpha value is -2.10. The zero-order valence-electron chi connectivity index (χ0n) is 11.0. The van der Waals surface area contributed by atoms with Gasteiger partial charge in [-0.1, -0.05) is 12.1 Å². The highest BCUT2D eigenvalue weighted by atomic mass is 19.1. The Balaban J connectivity index is 2.26. The van der Waals surface area contributed by atoms with Gasteiger partial charge in [-0.25, -0.2) is 9.18 Å². The van der Waals surface area contributed by atoms with Gasteiger partial charge in [0.25, 0.3) is 0 Å². The molecular weight excluding hydrogens is 245 g/mol. The van der Waals surface area contributed by atoms with Gasteiger partial charge in [0.15, 0.2) is 0 Å². The van der Waals surface area contributed by atoms with Crippen LogP contribution in [-0.2, 0) is 11.3 Å². The second-order valence-electron chi connectivity index (χ2n) is 4.29. The van der Waals surface area contributed by atoms with Crippen LogP contribution in [0.1, 0.15) is 28.7 Å².